The van der Waals surface area contributed by atoms with Crippen molar-refractivity contribution in [2.24, 2.45) is 0 Å². The monoisotopic (exact) mass is 634 g/mol. The van der Waals surface area contributed by atoms with E-state index in [2.05, 4.69) is 17.2 Å². The topological polar surface area (TPSA) is 98.7 Å². The molecule has 6 aromatic rings. The van der Waals surface area contributed by atoms with Gasteiger partial charge in [0.1, 0.15) is 11.5 Å². The summed E-state index contributed by atoms with van der Waals surface area (Å²) >= 11 is 0. The minimum Gasteiger partial charge on any atom is -0.507 e. The average molecular weight is 635 g/mol. The fourth-order valence-corrected chi connectivity index (χ4v) is 6.29. The van der Waals surface area contributed by atoms with Crippen LogP contribution >= 0.6 is 0 Å². The number of nitrogens with one attached hydrogen (secondary N) is 2. The van der Waals surface area contributed by atoms with E-state index in [9.17, 15) is 19.8 Å². The van der Waals surface area contributed by atoms with Gasteiger partial charge in [0.15, 0.2) is 0 Å². The largest absolute Gasteiger partial charge is 0.507 e. The minimum atomic E-state index is -0.381. The summed E-state index contributed by atoms with van der Waals surface area (Å²) in [4.78, 5) is 27.0. The van der Waals surface area contributed by atoms with Gasteiger partial charge in [-0.1, -0.05) is 121 Å². The molecule has 6 rings (SSSR count). The van der Waals surface area contributed by atoms with E-state index in [0.29, 0.717) is 16.7 Å². The highest BCUT2D eigenvalue weighted by molar-refractivity contribution is 6.04. The normalized spacial score (nSPS) is 12.4. The molecule has 0 aliphatic rings. The maximum Gasteiger partial charge on any atom is 0.255 e. The maximum atomic E-state index is 13.5. The highest BCUT2D eigenvalue weighted by atomic mass is 16.3. The fourth-order valence-electron chi connectivity index (χ4n) is 6.29. The second-order valence-electron chi connectivity index (χ2n) is 12.3. The van der Waals surface area contributed by atoms with Crippen LogP contribution in [0, 0.1) is 0 Å². The van der Waals surface area contributed by atoms with Gasteiger partial charge in [0.05, 0.1) is 23.2 Å². The Morgan fingerprint density at radius 2 is 0.938 bits per heavy atom. The number of phenols is 2. The lowest BCUT2D eigenvalue weighted by Gasteiger charge is -2.19. The van der Waals surface area contributed by atoms with Crippen molar-refractivity contribution in [1.82, 2.24) is 10.6 Å². The van der Waals surface area contributed by atoms with Gasteiger partial charge in [-0.2, -0.15) is 0 Å². The van der Waals surface area contributed by atoms with Crippen LogP contribution in [0.3, 0.4) is 0 Å². The van der Waals surface area contributed by atoms with Crippen molar-refractivity contribution in [3.8, 4) is 11.5 Å². The molecule has 6 aromatic carbocycles. The van der Waals surface area contributed by atoms with Crippen LogP contribution in [-0.4, -0.2) is 22.0 Å². The molecule has 48 heavy (non-hydrogen) atoms. The van der Waals surface area contributed by atoms with E-state index in [0.717, 1.165) is 32.7 Å². The van der Waals surface area contributed by atoms with E-state index in [1.165, 1.54) is 0 Å². The van der Waals surface area contributed by atoms with Crippen molar-refractivity contribution >= 4 is 33.4 Å². The minimum absolute atomic E-state index is 0.107. The lowest BCUT2D eigenvalue weighted by molar-refractivity contribution is 0.0928. The van der Waals surface area contributed by atoms with Gasteiger partial charge in [-0.3, -0.25) is 9.59 Å². The molecule has 0 saturated heterocycles. The average Bonchev–Trinajstić information content (AvgIpc) is 3.11. The third kappa shape index (κ3) is 6.65. The highest BCUT2D eigenvalue weighted by Gasteiger charge is 2.23. The zero-order chi connectivity index (χ0) is 33.8. The Balaban J connectivity index is 1.31. The van der Waals surface area contributed by atoms with Crippen LogP contribution in [0.1, 0.15) is 68.9 Å². The van der Waals surface area contributed by atoms with Crippen molar-refractivity contribution in [3.63, 3.8) is 0 Å². The van der Waals surface area contributed by atoms with Crippen LogP contribution in [0.5, 0.6) is 11.5 Å². The lowest BCUT2D eigenvalue weighted by atomic mass is 9.90. The number of hydrogen-bond donors (Lipinski definition) is 4. The Kier molecular flexibility index (Phi) is 9.26. The number of hydrogen-bond acceptors (Lipinski definition) is 4. The SMILES string of the molecule is C=C(Cc1c(O)c(C(=O)N[C@H](C)c2ccccc2)cc2ccccc12)Cc1c(O)c(C(=O)N[C@H](C)c2ccccc2)cc2ccccc12. The number of rotatable bonds is 10. The molecular formula is C42H38N2O4. The molecule has 6 nitrogen and oxygen atoms in total. The first-order valence-corrected chi connectivity index (χ1v) is 16.1. The van der Waals surface area contributed by atoms with Crippen molar-refractivity contribution in [2.75, 3.05) is 0 Å². The summed E-state index contributed by atoms with van der Waals surface area (Å²) in [6.45, 7) is 8.15. The van der Waals surface area contributed by atoms with Crippen molar-refractivity contribution < 1.29 is 19.8 Å². The van der Waals surface area contributed by atoms with E-state index in [-0.39, 0.29) is 59.4 Å². The summed E-state index contributed by atoms with van der Waals surface area (Å²) in [5.74, 6) is -0.975. The van der Waals surface area contributed by atoms with E-state index in [1.54, 1.807) is 12.1 Å². The molecule has 0 radical (unpaired) electrons. The van der Waals surface area contributed by atoms with Crippen molar-refractivity contribution in [1.29, 1.82) is 0 Å². The summed E-state index contributed by atoms with van der Waals surface area (Å²) in [7, 11) is 0. The molecule has 0 aliphatic carbocycles. The number of carbonyl (C=O) groups excluding carboxylic acids is 2. The molecule has 0 aliphatic heterocycles. The molecule has 2 amide bonds. The summed E-state index contributed by atoms with van der Waals surface area (Å²) in [5.41, 5.74) is 4.11. The first kappa shape index (κ1) is 32.1. The predicted molar refractivity (Wildman–Crippen MR) is 192 cm³/mol. The summed E-state index contributed by atoms with van der Waals surface area (Å²) in [5, 5.41) is 32.4. The van der Waals surface area contributed by atoms with Crippen molar-refractivity contribution in [2.45, 2.75) is 38.8 Å². The fraction of sp³-hybridized carbons (Fsp3) is 0.143. The molecular weight excluding hydrogens is 596 g/mol. The molecule has 0 aromatic heterocycles. The van der Waals surface area contributed by atoms with Gasteiger partial charge in [0, 0.05) is 11.1 Å². The molecule has 2 atom stereocenters. The zero-order valence-corrected chi connectivity index (χ0v) is 27.0. The van der Waals surface area contributed by atoms with E-state index in [1.807, 2.05) is 123 Å². The molecule has 0 heterocycles. The Morgan fingerprint density at radius 3 is 1.33 bits per heavy atom. The third-order valence-electron chi connectivity index (χ3n) is 8.89. The molecule has 4 N–H and O–H groups in total. The molecule has 0 saturated carbocycles. The molecule has 6 heteroatoms. The number of fused-ring (bicyclic) bond motifs is 2. The predicted octanol–water partition coefficient (Wildman–Crippen LogP) is 8.73. The van der Waals surface area contributed by atoms with Gasteiger partial charge in [0.25, 0.3) is 11.8 Å². The van der Waals surface area contributed by atoms with Gasteiger partial charge in [-0.05, 0) is 71.5 Å². The van der Waals surface area contributed by atoms with E-state index >= 15 is 0 Å². The van der Waals surface area contributed by atoms with Gasteiger partial charge >= 0.3 is 0 Å². The smallest absolute Gasteiger partial charge is 0.255 e. The van der Waals surface area contributed by atoms with E-state index < -0.39 is 0 Å². The number of benzene rings is 6. The first-order valence-electron chi connectivity index (χ1n) is 16.1. The van der Waals surface area contributed by atoms with Crippen LogP contribution in [0.2, 0.25) is 0 Å². The molecule has 0 spiro atoms. The second kappa shape index (κ2) is 13.9. The van der Waals surface area contributed by atoms with Crippen LogP contribution in [-0.2, 0) is 12.8 Å². The second-order valence-corrected chi connectivity index (χ2v) is 12.3. The number of allylic oxidation sites excluding steroid dienone is 1. The molecule has 0 fully saturated rings. The number of aromatic hydroxyl groups is 2. The van der Waals surface area contributed by atoms with Crippen LogP contribution < -0.4 is 10.6 Å². The van der Waals surface area contributed by atoms with Gasteiger partial charge < -0.3 is 20.8 Å². The standard InChI is InChI=1S/C42H38N2O4/c1-26(22-35-33-20-12-10-18-31(33)24-37(39(35)45)41(47)43-27(2)29-14-6-4-7-15-29)23-36-34-21-13-11-19-32(34)25-38(40(36)46)42(48)44-28(3)30-16-8-5-9-17-30/h4-21,24-25,27-28,45-46H,1,22-23H2,2-3H3,(H,43,47)(H,44,48)/t27-,28-/m1/s1. The molecule has 0 unspecified atom stereocenters. The molecule has 240 valence electrons. The quantitative estimate of drug-likeness (QED) is 0.113. The Hall–Kier alpha value is -5.88. The van der Waals surface area contributed by atoms with Gasteiger partial charge in [0.2, 0.25) is 0 Å². The van der Waals surface area contributed by atoms with Crippen LogP contribution in [0.15, 0.2) is 133 Å². The van der Waals surface area contributed by atoms with Gasteiger partial charge in [-0.25, -0.2) is 0 Å². The summed E-state index contributed by atoms with van der Waals surface area (Å²) < 4.78 is 0. The van der Waals surface area contributed by atoms with E-state index in [4.69, 9.17) is 0 Å². The van der Waals surface area contributed by atoms with Crippen LogP contribution in [0.25, 0.3) is 21.5 Å². The Bertz CT molecular complexity index is 1990. The number of carbonyl (C=O) groups is 2. The van der Waals surface area contributed by atoms with Gasteiger partial charge in [-0.15, -0.1) is 0 Å². The zero-order valence-electron chi connectivity index (χ0n) is 27.0. The lowest BCUT2D eigenvalue weighted by Crippen LogP contribution is -2.27. The number of phenolic OH excluding ortho intramolecular Hbond substituents is 2. The molecule has 0 bridgehead atoms. The maximum absolute atomic E-state index is 13.5. The van der Waals surface area contributed by atoms with Crippen LogP contribution in [0.4, 0.5) is 0 Å². The number of amides is 2. The Morgan fingerprint density at radius 1 is 0.583 bits per heavy atom. The first-order chi connectivity index (χ1) is 23.2. The third-order valence-corrected chi connectivity index (χ3v) is 8.89. The van der Waals surface area contributed by atoms with Crippen molar-refractivity contribution in [3.05, 3.63) is 167 Å². The Labute approximate surface area is 280 Å². The highest BCUT2D eigenvalue weighted by Crippen LogP contribution is 2.37. The summed E-state index contributed by atoms with van der Waals surface area (Å²) in [6, 6.07) is 37.4. The summed E-state index contributed by atoms with van der Waals surface area (Å²) in [6.07, 6.45) is 0.494.